The number of nitrogens with zero attached hydrogens (tertiary/aromatic N) is 1. The van der Waals surface area contributed by atoms with Gasteiger partial charge in [0.05, 0.1) is 0 Å². The second-order valence-corrected chi connectivity index (χ2v) is 19.7. The van der Waals surface area contributed by atoms with Crippen molar-refractivity contribution in [2.24, 2.45) is 0 Å². The lowest BCUT2D eigenvalue weighted by Gasteiger charge is -2.41. The summed E-state index contributed by atoms with van der Waals surface area (Å²) in [5.41, 5.74) is 0. The first-order valence-corrected chi connectivity index (χ1v) is 15.1. The maximum Gasteiger partial charge on any atom is 0.260 e. The molecule has 0 aliphatic carbocycles. The lowest BCUT2D eigenvalue weighted by molar-refractivity contribution is -0.140. The predicted octanol–water partition coefficient (Wildman–Crippen LogP) is 4.32. The lowest BCUT2D eigenvalue weighted by atomic mass is 10.2. The van der Waals surface area contributed by atoms with Gasteiger partial charge in [0.1, 0.15) is 0 Å². The van der Waals surface area contributed by atoms with Crippen LogP contribution in [0.2, 0.25) is 36.3 Å². The molecule has 1 aliphatic heterocycles. The monoisotopic (exact) mass is 399 g/mol. The van der Waals surface area contributed by atoms with Crippen LogP contribution in [0.15, 0.2) is 12.7 Å². The van der Waals surface area contributed by atoms with E-state index in [0.717, 1.165) is 0 Å². The molecule has 0 aromatic rings. The molecule has 1 heterocycles. The summed E-state index contributed by atoms with van der Waals surface area (Å²) >= 11 is 0. The fraction of sp³-hybridized carbons (Fsp3) is 0.789. The predicted molar refractivity (Wildman–Crippen MR) is 111 cm³/mol. The highest BCUT2D eigenvalue weighted by Crippen LogP contribution is 2.42. The molecule has 0 aromatic heterocycles. The maximum absolute atomic E-state index is 12.9. The van der Waals surface area contributed by atoms with Crippen molar-refractivity contribution in [3.8, 4) is 0 Å². The van der Waals surface area contributed by atoms with Crippen molar-refractivity contribution in [1.29, 1.82) is 0 Å². The van der Waals surface area contributed by atoms with E-state index in [-0.39, 0.29) is 28.4 Å². The summed E-state index contributed by atoms with van der Waals surface area (Å²) in [5, 5.41) is -0.132. The van der Waals surface area contributed by atoms with Crippen LogP contribution in [-0.4, -0.2) is 52.1 Å². The number of amides is 2. The first-order chi connectivity index (χ1) is 11.5. The SMILES string of the molecule is C=CCN1C(=O)[C@@H](O[Si](C)(C)C(C)(C)C)[C@H](O[Si](C)(C)C(C)(C)C)C1=O. The first kappa shape index (κ1) is 23.3. The number of carbonyl (C=O) groups is 2. The molecule has 150 valence electrons. The Hall–Kier alpha value is -0.766. The van der Waals surface area contributed by atoms with E-state index in [9.17, 15) is 9.59 Å². The van der Waals surface area contributed by atoms with E-state index in [0.29, 0.717) is 0 Å². The Morgan fingerprint density at radius 1 is 0.885 bits per heavy atom. The second kappa shape index (κ2) is 7.33. The smallest absolute Gasteiger partial charge is 0.260 e. The number of imide groups is 1. The molecular formula is C19H37NO4Si2. The molecule has 0 bridgehead atoms. The zero-order valence-corrected chi connectivity index (χ0v) is 20.2. The summed E-state index contributed by atoms with van der Waals surface area (Å²) in [4.78, 5) is 27.1. The van der Waals surface area contributed by atoms with E-state index in [4.69, 9.17) is 8.85 Å². The third kappa shape index (κ3) is 4.55. The van der Waals surface area contributed by atoms with E-state index in [1.807, 2.05) is 0 Å². The molecule has 7 heteroatoms. The molecule has 2 amide bonds. The first-order valence-electron chi connectivity index (χ1n) is 9.28. The van der Waals surface area contributed by atoms with Crippen LogP contribution < -0.4 is 0 Å². The topological polar surface area (TPSA) is 55.8 Å². The molecule has 2 atom stereocenters. The molecule has 1 fully saturated rings. The molecular weight excluding hydrogens is 362 g/mol. The van der Waals surface area contributed by atoms with E-state index in [1.165, 1.54) is 4.90 Å². The highest BCUT2D eigenvalue weighted by Gasteiger charge is 2.55. The summed E-state index contributed by atoms with van der Waals surface area (Å²) in [7, 11) is -4.49. The summed E-state index contributed by atoms with van der Waals surface area (Å²) in [6.07, 6.45) is -0.164. The molecule has 0 N–H and O–H groups in total. The molecule has 26 heavy (non-hydrogen) atoms. The van der Waals surface area contributed by atoms with Gasteiger partial charge in [-0.05, 0) is 36.3 Å². The second-order valence-electron chi connectivity index (χ2n) is 10.2. The Balaban J connectivity index is 3.26. The molecule has 1 aliphatic rings. The van der Waals surface area contributed by atoms with Gasteiger partial charge >= 0.3 is 0 Å². The average molecular weight is 400 g/mol. The van der Waals surface area contributed by atoms with Gasteiger partial charge < -0.3 is 8.85 Å². The molecule has 0 saturated carbocycles. The van der Waals surface area contributed by atoms with Crippen molar-refractivity contribution in [2.45, 2.75) is 90.0 Å². The normalized spacial score (nSPS) is 22.9. The van der Waals surface area contributed by atoms with Crippen LogP contribution in [0.25, 0.3) is 0 Å². The highest BCUT2D eigenvalue weighted by atomic mass is 28.4. The van der Waals surface area contributed by atoms with Gasteiger partial charge in [-0.15, -0.1) is 6.58 Å². The van der Waals surface area contributed by atoms with Crippen molar-refractivity contribution in [3.05, 3.63) is 12.7 Å². The van der Waals surface area contributed by atoms with Gasteiger partial charge in [-0.3, -0.25) is 14.5 Å². The van der Waals surface area contributed by atoms with Crippen LogP contribution in [0.3, 0.4) is 0 Å². The Labute approximate surface area is 161 Å². The highest BCUT2D eigenvalue weighted by molar-refractivity contribution is 6.75. The van der Waals surface area contributed by atoms with Gasteiger partial charge in [0.25, 0.3) is 11.8 Å². The van der Waals surface area contributed by atoms with Gasteiger partial charge in [0.15, 0.2) is 28.8 Å². The Morgan fingerprint density at radius 2 is 1.19 bits per heavy atom. The number of carbonyl (C=O) groups excluding carboxylic acids is 2. The number of rotatable bonds is 6. The quantitative estimate of drug-likeness (QED) is 0.379. The number of hydrogen-bond donors (Lipinski definition) is 0. The molecule has 0 aromatic carbocycles. The maximum atomic E-state index is 12.9. The molecule has 0 radical (unpaired) electrons. The van der Waals surface area contributed by atoms with Crippen LogP contribution in [0, 0.1) is 0 Å². The lowest BCUT2D eigenvalue weighted by Crippen LogP contribution is -2.52. The van der Waals surface area contributed by atoms with E-state index < -0.39 is 28.8 Å². The Morgan fingerprint density at radius 3 is 1.42 bits per heavy atom. The molecule has 0 spiro atoms. The van der Waals surface area contributed by atoms with Crippen molar-refractivity contribution in [2.75, 3.05) is 6.54 Å². The standard InChI is InChI=1S/C19H37NO4Si2/c1-12-13-20-16(21)14(23-25(8,9)18(2,3)4)15(17(20)22)24-26(10,11)19(5,6)7/h12,14-15H,1,13H2,2-11H3/t14-,15-/m0/s1. The average Bonchev–Trinajstić information content (AvgIpc) is 2.62. The zero-order valence-electron chi connectivity index (χ0n) is 18.2. The van der Waals surface area contributed by atoms with Gasteiger partial charge in [-0.25, -0.2) is 0 Å². The van der Waals surface area contributed by atoms with Crippen LogP contribution in [0.1, 0.15) is 41.5 Å². The van der Waals surface area contributed by atoms with E-state index in [2.05, 4.69) is 74.3 Å². The number of hydrogen-bond acceptors (Lipinski definition) is 4. The molecule has 1 rings (SSSR count). The third-order valence-corrected chi connectivity index (χ3v) is 15.0. The number of likely N-dealkylation sites (tertiary alicyclic amines) is 1. The largest absolute Gasteiger partial charge is 0.403 e. The summed E-state index contributed by atoms with van der Waals surface area (Å²) < 4.78 is 12.8. The van der Waals surface area contributed by atoms with Gasteiger partial charge in [0, 0.05) is 6.54 Å². The minimum Gasteiger partial charge on any atom is -0.403 e. The van der Waals surface area contributed by atoms with Crippen molar-refractivity contribution >= 4 is 28.4 Å². The summed E-state index contributed by atoms with van der Waals surface area (Å²) in [6.45, 7) is 24.9. The minimum absolute atomic E-state index is 0.0658. The van der Waals surface area contributed by atoms with Crippen LogP contribution >= 0.6 is 0 Å². The van der Waals surface area contributed by atoms with Crippen LogP contribution in [0.5, 0.6) is 0 Å². The summed E-state index contributed by atoms with van der Waals surface area (Å²) in [5.74, 6) is -0.605. The summed E-state index contributed by atoms with van der Waals surface area (Å²) in [6, 6.07) is 0. The van der Waals surface area contributed by atoms with Crippen LogP contribution in [0.4, 0.5) is 0 Å². The molecule has 1 saturated heterocycles. The Bertz CT molecular complexity index is 527. The van der Waals surface area contributed by atoms with Crippen LogP contribution in [-0.2, 0) is 18.4 Å². The fourth-order valence-corrected chi connectivity index (χ4v) is 4.62. The molecule has 5 nitrogen and oxygen atoms in total. The van der Waals surface area contributed by atoms with Crippen molar-refractivity contribution in [1.82, 2.24) is 4.90 Å². The van der Waals surface area contributed by atoms with E-state index >= 15 is 0 Å². The van der Waals surface area contributed by atoms with Crippen molar-refractivity contribution in [3.63, 3.8) is 0 Å². The van der Waals surface area contributed by atoms with Gasteiger partial charge in [-0.1, -0.05) is 47.6 Å². The fourth-order valence-electron chi connectivity index (χ4n) is 2.20. The Kier molecular flexibility index (Phi) is 6.56. The zero-order chi connectivity index (χ0) is 20.7. The van der Waals surface area contributed by atoms with Gasteiger partial charge in [-0.2, -0.15) is 0 Å². The molecule has 0 unspecified atom stereocenters. The van der Waals surface area contributed by atoms with Gasteiger partial charge in [0.2, 0.25) is 0 Å². The minimum atomic E-state index is -2.25. The van der Waals surface area contributed by atoms with Crippen molar-refractivity contribution < 1.29 is 18.4 Å². The third-order valence-electron chi connectivity index (χ3n) is 6.06. The van der Waals surface area contributed by atoms with E-state index in [1.54, 1.807) is 6.08 Å².